The molecule has 1 aliphatic heterocycles. The predicted molar refractivity (Wildman–Crippen MR) is 51.0 cm³/mol. The van der Waals surface area contributed by atoms with E-state index in [2.05, 4.69) is 27.7 Å². The summed E-state index contributed by atoms with van der Waals surface area (Å²) in [5, 5.41) is 0. The summed E-state index contributed by atoms with van der Waals surface area (Å²) >= 11 is 0. The van der Waals surface area contributed by atoms with Gasteiger partial charge in [-0.3, -0.25) is 0 Å². The van der Waals surface area contributed by atoms with Crippen LogP contribution >= 0.6 is 0 Å². The molecule has 2 atom stereocenters. The smallest absolute Gasteiger partial charge is 0.0808 e. The molecular formula is C10H21NO. The van der Waals surface area contributed by atoms with Crippen molar-refractivity contribution in [2.24, 2.45) is 11.7 Å². The first kappa shape index (κ1) is 10.0. The molecule has 12 heavy (non-hydrogen) atoms. The first-order valence-electron chi connectivity index (χ1n) is 4.87. The van der Waals surface area contributed by atoms with Gasteiger partial charge in [0.1, 0.15) is 0 Å². The minimum atomic E-state index is -0.150. The molecule has 1 fully saturated rings. The quantitative estimate of drug-likeness (QED) is 0.689. The molecule has 2 nitrogen and oxygen atoms in total. The standard InChI is InChI=1S/C10H21NO/c1-5-8(2)10(11)6-7-12-9(10,3)4/h8H,5-7,11H2,1-4H3. The zero-order chi connectivity index (χ0) is 9.41. The third-order valence-electron chi connectivity index (χ3n) is 3.59. The van der Waals surface area contributed by atoms with E-state index in [9.17, 15) is 0 Å². The van der Waals surface area contributed by atoms with E-state index < -0.39 is 0 Å². The van der Waals surface area contributed by atoms with Gasteiger partial charge in [0.2, 0.25) is 0 Å². The average molecular weight is 171 g/mol. The molecule has 0 aliphatic carbocycles. The second-order valence-corrected chi connectivity index (χ2v) is 4.46. The summed E-state index contributed by atoms with van der Waals surface area (Å²) in [4.78, 5) is 0. The zero-order valence-electron chi connectivity index (χ0n) is 8.68. The number of hydrogen-bond donors (Lipinski definition) is 1. The van der Waals surface area contributed by atoms with Crippen LogP contribution in [-0.2, 0) is 4.74 Å². The maximum Gasteiger partial charge on any atom is 0.0808 e. The molecule has 2 N–H and O–H groups in total. The fourth-order valence-electron chi connectivity index (χ4n) is 2.11. The monoisotopic (exact) mass is 171 g/mol. The van der Waals surface area contributed by atoms with Crippen molar-refractivity contribution in [3.63, 3.8) is 0 Å². The third-order valence-corrected chi connectivity index (χ3v) is 3.59. The van der Waals surface area contributed by atoms with Crippen LogP contribution in [0, 0.1) is 5.92 Å². The van der Waals surface area contributed by atoms with Crippen molar-refractivity contribution in [1.82, 2.24) is 0 Å². The number of hydrogen-bond acceptors (Lipinski definition) is 2. The van der Waals surface area contributed by atoms with Crippen molar-refractivity contribution >= 4 is 0 Å². The molecule has 2 unspecified atom stereocenters. The van der Waals surface area contributed by atoms with Crippen LogP contribution in [0.25, 0.3) is 0 Å². The molecule has 0 aromatic rings. The highest BCUT2D eigenvalue weighted by Gasteiger charge is 2.49. The van der Waals surface area contributed by atoms with E-state index in [1.807, 2.05) is 0 Å². The van der Waals surface area contributed by atoms with E-state index in [4.69, 9.17) is 10.5 Å². The van der Waals surface area contributed by atoms with E-state index >= 15 is 0 Å². The fraction of sp³-hybridized carbons (Fsp3) is 1.00. The van der Waals surface area contributed by atoms with Gasteiger partial charge in [0.15, 0.2) is 0 Å². The van der Waals surface area contributed by atoms with Gasteiger partial charge in [0, 0.05) is 12.1 Å². The van der Waals surface area contributed by atoms with Gasteiger partial charge in [-0.25, -0.2) is 0 Å². The van der Waals surface area contributed by atoms with Crippen LogP contribution in [0.5, 0.6) is 0 Å². The Morgan fingerprint density at radius 2 is 2.08 bits per heavy atom. The molecular weight excluding hydrogens is 150 g/mol. The molecule has 2 heteroatoms. The SMILES string of the molecule is CCC(C)C1(N)CCOC1(C)C. The van der Waals surface area contributed by atoms with Gasteiger partial charge in [0.05, 0.1) is 5.60 Å². The van der Waals surface area contributed by atoms with E-state index in [-0.39, 0.29) is 11.1 Å². The molecule has 0 aromatic carbocycles. The van der Waals surface area contributed by atoms with Gasteiger partial charge >= 0.3 is 0 Å². The largest absolute Gasteiger partial charge is 0.374 e. The van der Waals surface area contributed by atoms with Crippen LogP contribution in [0.4, 0.5) is 0 Å². The molecule has 0 bridgehead atoms. The van der Waals surface area contributed by atoms with Crippen LogP contribution < -0.4 is 5.73 Å². The molecule has 1 saturated heterocycles. The van der Waals surface area contributed by atoms with Gasteiger partial charge in [0.25, 0.3) is 0 Å². The Morgan fingerprint density at radius 1 is 1.50 bits per heavy atom. The molecule has 1 rings (SSSR count). The number of rotatable bonds is 2. The lowest BCUT2D eigenvalue weighted by molar-refractivity contribution is -0.0158. The zero-order valence-corrected chi connectivity index (χ0v) is 8.68. The Hall–Kier alpha value is -0.0800. The molecule has 0 amide bonds. The van der Waals surface area contributed by atoms with Gasteiger partial charge in [-0.05, 0) is 26.2 Å². The van der Waals surface area contributed by atoms with Crippen LogP contribution in [0.15, 0.2) is 0 Å². The average Bonchev–Trinajstić information content (AvgIpc) is 2.26. The molecule has 0 aromatic heterocycles. The maximum atomic E-state index is 6.37. The molecule has 1 aliphatic rings. The summed E-state index contributed by atoms with van der Waals surface area (Å²) in [6, 6.07) is 0. The van der Waals surface area contributed by atoms with Gasteiger partial charge in [-0.15, -0.1) is 0 Å². The Balaban J connectivity index is 2.82. The predicted octanol–water partition coefficient (Wildman–Crippen LogP) is 1.93. The molecule has 0 spiro atoms. The summed E-state index contributed by atoms with van der Waals surface area (Å²) < 4.78 is 5.65. The normalized spacial score (nSPS) is 36.8. The van der Waals surface area contributed by atoms with Gasteiger partial charge < -0.3 is 10.5 Å². The highest BCUT2D eigenvalue weighted by molar-refractivity contribution is 5.05. The first-order valence-corrected chi connectivity index (χ1v) is 4.87. The lowest BCUT2D eigenvalue weighted by atomic mass is 9.72. The second kappa shape index (κ2) is 3.00. The highest BCUT2D eigenvalue weighted by Crippen LogP contribution is 2.39. The highest BCUT2D eigenvalue weighted by atomic mass is 16.5. The van der Waals surface area contributed by atoms with Crippen molar-refractivity contribution < 1.29 is 4.74 Å². The second-order valence-electron chi connectivity index (χ2n) is 4.46. The van der Waals surface area contributed by atoms with Gasteiger partial charge in [-0.2, -0.15) is 0 Å². The van der Waals surface area contributed by atoms with Crippen molar-refractivity contribution in [2.75, 3.05) is 6.61 Å². The minimum Gasteiger partial charge on any atom is -0.374 e. The third kappa shape index (κ3) is 1.27. The Labute approximate surface area is 75.5 Å². The van der Waals surface area contributed by atoms with Crippen molar-refractivity contribution in [2.45, 2.75) is 51.7 Å². The minimum absolute atomic E-state index is 0.123. The Morgan fingerprint density at radius 3 is 2.42 bits per heavy atom. The van der Waals surface area contributed by atoms with E-state index in [0.717, 1.165) is 19.4 Å². The topological polar surface area (TPSA) is 35.2 Å². The molecule has 0 saturated carbocycles. The molecule has 0 radical (unpaired) electrons. The summed E-state index contributed by atoms with van der Waals surface area (Å²) in [5.41, 5.74) is 6.09. The summed E-state index contributed by atoms with van der Waals surface area (Å²) in [5.74, 6) is 0.537. The lowest BCUT2D eigenvalue weighted by Gasteiger charge is -2.41. The van der Waals surface area contributed by atoms with E-state index in [0.29, 0.717) is 5.92 Å². The van der Waals surface area contributed by atoms with Gasteiger partial charge in [-0.1, -0.05) is 20.3 Å². The van der Waals surface area contributed by atoms with E-state index in [1.165, 1.54) is 0 Å². The van der Waals surface area contributed by atoms with E-state index in [1.54, 1.807) is 0 Å². The van der Waals surface area contributed by atoms with Crippen LogP contribution in [0.1, 0.15) is 40.5 Å². The van der Waals surface area contributed by atoms with Crippen LogP contribution in [0.3, 0.4) is 0 Å². The fourth-order valence-corrected chi connectivity index (χ4v) is 2.11. The molecule has 1 heterocycles. The Bertz CT molecular complexity index is 167. The number of ether oxygens (including phenoxy) is 1. The summed E-state index contributed by atoms with van der Waals surface area (Å²) in [6.45, 7) is 9.43. The maximum absolute atomic E-state index is 6.37. The van der Waals surface area contributed by atoms with Crippen LogP contribution in [0.2, 0.25) is 0 Å². The molecule has 72 valence electrons. The lowest BCUT2D eigenvalue weighted by Crippen LogP contribution is -2.58. The van der Waals surface area contributed by atoms with Crippen molar-refractivity contribution in [3.05, 3.63) is 0 Å². The first-order chi connectivity index (χ1) is 5.44. The van der Waals surface area contributed by atoms with Crippen molar-refractivity contribution in [1.29, 1.82) is 0 Å². The Kier molecular flexibility index (Phi) is 2.50. The summed E-state index contributed by atoms with van der Waals surface area (Å²) in [7, 11) is 0. The number of nitrogens with two attached hydrogens (primary N) is 1. The van der Waals surface area contributed by atoms with Crippen molar-refractivity contribution in [3.8, 4) is 0 Å². The summed E-state index contributed by atoms with van der Waals surface area (Å²) in [6.07, 6.45) is 2.12. The van der Waals surface area contributed by atoms with Crippen LogP contribution in [-0.4, -0.2) is 17.7 Å².